The number of halogens is 4. The first kappa shape index (κ1) is 46.5. The van der Waals surface area contributed by atoms with Gasteiger partial charge < -0.3 is 33.2 Å². The van der Waals surface area contributed by atoms with Crippen LogP contribution < -0.4 is 28.4 Å². The van der Waals surface area contributed by atoms with E-state index >= 15 is 0 Å². The lowest BCUT2D eigenvalue weighted by molar-refractivity contribution is -0.138. The number of carbonyl (C=O) groups excluding carboxylic acids is 1. The minimum absolute atomic E-state index is 0.0146. The summed E-state index contributed by atoms with van der Waals surface area (Å²) in [6.45, 7) is 5.34. The molecule has 0 aliphatic rings. The van der Waals surface area contributed by atoms with E-state index in [4.69, 9.17) is 33.2 Å². The van der Waals surface area contributed by atoms with Crippen molar-refractivity contribution in [2.75, 3.05) is 0 Å². The van der Waals surface area contributed by atoms with Crippen LogP contribution in [-0.2, 0) is 55.8 Å². The molecule has 7 rings (SSSR count). The Kier molecular flexibility index (Phi) is 17.0. The molecule has 0 N–H and O–H groups in total. The number of hydrogen-bond acceptors (Lipinski definition) is 8. The highest BCUT2D eigenvalue weighted by Gasteiger charge is 2.12. The third kappa shape index (κ3) is 15.0. The Labute approximate surface area is 406 Å². The summed E-state index contributed by atoms with van der Waals surface area (Å²) in [4.78, 5) is 12.1. The van der Waals surface area contributed by atoms with E-state index in [2.05, 4.69) is 70.3 Å². The fourth-order valence-electron chi connectivity index (χ4n) is 6.18. The quantitative estimate of drug-likeness (QED) is 0.0520. The van der Waals surface area contributed by atoms with Crippen LogP contribution in [0.25, 0.3) is 0 Å². The lowest BCUT2D eigenvalue weighted by atomic mass is 10.2. The molecule has 0 aliphatic heterocycles. The van der Waals surface area contributed by atoms with Crippen LogP contribution in [0.15, 0.2) is 182 Å². The zero-order valence-corrected chi connectivity index (χ0v) is 40.8. The summed E-state index contributed by atoms with van der Waals surface area (Å²) < 4.78 is 47.2. The van der Waals surface area contributed by atoms with Gasteiger partial charge in [0.05, 0.1) is 0 Å². The van der Waals surface area contributed by atoms with Crippen molar-refractivity contribution < 1.29 is 38.0 Å². The van der Waals surface area contributed by atoms with E-state index in [1.54, 1.807) is 6.07 Å². The second-order valence-corrected chi connectivity index (χ2v) is 18.2. The lowest BCUT2D eigenvalue weighted by Gasteiger charge is -2.16. The number of rotatable bonds is 21. The second-order valence-electron chi connectivity index (χ2n) is 14.5. The predicted molar refractivity (Wildman–Crippen MR) is 262 cm³/mol. The van der Waals surface area contributed by atoms with Crippen LogP contribution in [0.3, 0.4) is 0 Å². The maximum Gasteiger partial charge on any atom is 0.330 e. The lowest BCUT2D eigenvalue weighted by Crippen LogP contribution is -2.04. The average molecular weight is 1110 g/mol. The van der Waals surface area contributed by atoms with Gasteiger partial charge in [0.25, 0.3) is 0 Å². The van der Waals surface area contributed by atoms with Crippen molar-refractivity contribution in [3.05, 3.63) is 221 Å². The van der Waals surface area contributed by atoms with Gasteiger partial charge in [-0.15, -0.1) is 0 Å². The molecule has 0 bridgehead atoms. The van der Waals surface area contributed by atoms with Gasteiger partial charge in [-0.3, -0.25) is 0 Å². The van der Waals surface area contributed by atoms with Crippen LogP contribution in [0.1, 0.15) is 38.9 Å². The first-order valence-electron chi connectivity index (χ1n) is 20.1. The van der Waals surface area contributed by atoms with Crippen molar-refractivity contribution in [3.8, 4) is 34.5 Å². The maximum absolute atomic E-state index is 12.1. The van der Waals surface area contributed by atoms with E-state index in [9.17, 15) is 4.79 Å². The molecule has 0 aliphatic carbocycles. The van der Waals surface area contributed by atoms with E-state index in [1.807, 2.05) is 146 Å². The summed E-state index contributed by atoms with van der Waals surface area (Å²) >= 11 is 14.0. The summed E-state index contributed by atoms with van der Waals surface area (Å²) in [5.74, 6) is 3.00. The summed E-state index contributed by atoms with van der Waals surface area (Å²) in [6, 6.07) is 48.8. The van der Waals surface area contributed by atoms with Gasteiger partial charge >= 0.3 is 5.97 Å². The Morgan fingerprint density at radius 3 is 0.797 bits per heavy atom. The molecule has 12 heteroatoms. The Balaban J connectivity index is 1.09. The van der Waals surface area contributed by atoms with Gasteiger partial charge in [-0.1, -0.05) is 119 Å². The van der Waals surface area contributed by atoms with Crippen LogP contribution in [0.5, 0.6) is 34.5 Å². The predicted octanol–water partition coefficient (Wildman–Crippen LogP) is 14.4. The second kappa shape index (κ2) is 23.4. The molecule has 0 spiro atoms. The van der Waals surface area contributed by atoms with Crippen LogP contribution in [0, 0.1) is 0 Å². The van der Waals surface area contributed by atoms with Crippen molar-refractivity contribution in [1.82, 2.24) is 0 Å². The van der Waals surface area contributed by atoms with Gasteiger partial charge in [0.15, 0.2) is 0 Å². The molecule has 0 saturated carbocycles. The first-order valence-corrected chi connectivity index (χ1v) is 23.2. The SMILES string of the molecule is C=CC(=O)OCc1cc(OCc2cc(OCc3ccc(Br)cc3)cc(OCc3ccc(Br)cc3)c2)cc(OCc2cc(OCc3ccc(Br)cc3)cc(OCc3ccc(Br)cc3)c2)c1. The minimum atomic E-state index is -0.542. The van der Waals surface area contributed by atoms with E-state index in [1.165, 1.54) is 0 Å². The third-order valence-electron chi connectivity index (χ3n) is 9.45. The van der Waals surface area contributed by atoms with Crippen molar-refractivity contribution in [2.24, 2.45) is 0 Å². The summed E-state index contributed by atoms with van der Waals surface area (Å²) in [6.07, 6.45) is 1.13. The third-order valence-corrected chi connectivity index (χ3v) is 11.6. The number of ether oxygens (including phenoxy) is 7. The maximum atomic E-state index is 12.1. The Bertz CT molecular complexity index is 2330. The molecule has 0 aromatic heterocycles. The molecule has 0 heterocycles. The van der Waals surface area contributed by atoms with E-state index in [0.717, 1.165) is 57.3 Å². The van der Waals surface area contributed by atoms with Crippen LogP contribution >= 0.6 is 63.7 Å². The molecule has 0 fully saturated rings. The molecular formula is C52H42Br4O8. The number of benzene rings is 7. The standard InChI is InChI=1S/C52H42Br4O8/c1-2-52(57)64-34-41-23-50(62-32-39-19-46(58-28-35-3-11-42(53)12-4-35)25-47(20-39)59-29-36-5-13-43(54)14-6-36)27-51(24-41)63-33-40-21-48(60-30-37-7-15-44(55)16-8-37)26-49(22-40)61-31-38-9-17-45(56)18-10-38/h2-27H,1,28-34H2. The highest BCUT2D eigenvalue weighted by Crippen LogP contribution is 2.31. The van der Waals surface area contributed by atoms with Crippen molar-refractivity contribution in [2.45, 2.75) is 46.2 Å². The molecule has 0 radical (unpaired) electrons. The normalized spacial score (nSPS) is 10.8. The molecule has 0 atom stereocenters. The number of esters is 1. The van der Waals surface area contributed by atoms with E-state index in [0.29, 0.717) is 66.5 Å². The average Bonchev–Trinajstić information content (AvgIpc) is 3.31. The largest absolute Gasteiger partial charge is 0.489 e. The Morgan fingerprint density at radius 2 is 0.562 bits per heavy atom. The Morgan fingerprint density at radius 1 is 0.344 bits per heavy atom. The molecule has 0 amide bonds. The molecular weight excluding hydrogens is 1070 g/mol. The van der Waals surface area contributed by atoms with E-state index < -0.39 is 5.97 Å². The fraction of sp³-hybridized carbons (Fsp3) is 0.135. The first-order chi connectivity index (χ1) is 31.1. The van der Waals surface area contributed by atoms with Crippen molar-refractivity contribution in [1.29, 1.82) is 0 Å². The number of carbonyl (C=O) groups is 1. The monoisotopic (exact) mass is 1110 g/mol. The van der Waals surface area contributed by atoms with Gasteiger partial charge in [-0.05, 0) is 124 Å². The summed E-state index contributed by atoms with van der Waals surface area (Å²) in [5, 5.41) is 0. The van der Waals surface area contributed by atoms with Crippen molar-refractivity contribution >= 4 is 69.7 Å². The fourth-order valence-corrected chi connectivity index (χ4v) is 7.24. The molecule has 64 heavy (non-hydrogen) atoms. The van der Waals surface area contributed by atoms with Gasteiger partial charge in [0.2, 0.25) is 0 Å². The molecule has 7 aromatic carbocycles. The Hall–Kier alpha value is -5.53. The smallest absolute Gasteiger partial charge is 0.330 e. The molecule has 8 nitrogen and oxygen atoms in total. The highest BCUT2D eigenvalue weighted by molar-refractivity contribution is 9.11. The topological polar surface area (TPSA) is 81.7 Å². The van der Waals surface area contributed by atoms with Gasteiger partial charge in [0, 0.05) is 42.2 Å². The molecule has 0 unspecified atom stereocenters. The van der Waals surface area contributed by atoms with Crippen molar-refractivity contribution in [3.63, 3.8) is 0 Å². The molecule has 0 saturated heterocycles. The van der Waals surface area contributed by atoms with Crippen LogP contribution in [0.2, 0.25) is 0 Å². The van der Waals surface area contributed by atoms with Gasteiger partial charge in [-0.2, -0.15) is 0 Å². The van der Waals surface area contributed by atoms with Gasteiger partial charge in [0.1, 0.15) is 80.7 Å². The van der Waals surface area contributed by atoms with Gasteiger partial charge in [-0.25, -0.2) is 4.79 Å². The zero-order chi connectivity index (χ0) is 44.7. The minimum Gasteiger partial charge on any atom is -0.489 e. The van der Waals surface area contributed by atoms with E-state index in [-0.39, 0.29) is 19.8 Å². The zero-order valence-electron chi connectivity index (χ0n) is 34.4. The van der Waals surface area contributed by atoms with Crippen LogP contribution in [-0.4, -0.2) is 5.97 Å². The number of hydrogen-bond donors (Lipinski definition) is 0. The van der Waals surface area contributed by atoms with Crippen LogP contribution in [0.4, 0.5) is 0 Å². The molecule has 7 aromatic rings. The summed E-state index contributed by atoms with van der Waals surface area (Å²) in [7, 11) is 0. The molecule has 326 valence electrons. The summed E-state index contributed by atoms with van der Waals surface area (Å²) in [5.41, 5.74) is 6.39. The highest BCUT2D eigenvalue weighted by atomic mass is 79.9.